The number of carbonyl (C=O) groups excluding carboxylic acids is 1. The van der Waals surface area contributed by atoms with E-state index in [0.717, 1.165) is 10.2 Å². The van der Waals surface area contributed by atoms with E-state index in [4.69, 9.17) is 9.84 Å². The number of carboxylic acids is 1. The highest BCUT2D eigenvalue weighted by Gasteiger charge is 2.34. The van der Waals surface area contributed by atoms with Crippen LogP contribution in [0.4, 0.5) is 11.4 Å². The van der Waals surface area contributed by atoms with Crippen molar-refractivity contribution < 1.29 is 19.4 Å². The van der Waals surface area contributed by atoms with Crippen molar-refractivity contribution in [3.8, 4) is 0 Å². The minimum absolute atomic E-state index is 0.319. The first-order chi connectivity index (χ1) is 9.88. The van der Waals surface area contributed by atoms with Crippen LogP contribution in [-0.2, 0) is 14.3 Å². The number of halogens is 1. The summed E-state index contributed by atoms with van der Waals surface area (Å²) in [6, 6.07) is 5.57. The number of carbonyl (C=O) groups is 2. The molecule has 0 bridgehead atoms. The normalized spacial score (nSPS) is 21.1. The van der Waals surface area contributed by atoms with Gasteiger partial charge < -0.3 is 20.1 Å². The number of rotatable bonds is 4. The van der Waals surface area contributed by atoms with Gasteiger partial charge in [-0.2, -0.15) is 0 Å². The van der Waals surface area contributed by atoms with Gasteiger partial charge in [0, 0.05) is 18.6 Å². The number of amides is 1. The zero-order chi connectivity index (χ0) is 15.6. The minimum Gasteiger partial charge on any atom is -0.479 e. The molecular formula is C14H17BrN2O4. The summed E-state index contributed by atoms with van der Waals surface area (Å²) in [6.45, 7) is 0. The van der Waals surface area contributed by atoms with Crippen molar-refractivity contribution in [1.29, 1.82) is 0 Å². The van der Waals surface area contributed by atoms with Gasteiger partial charge in [-0.3, -0.25) is 4.79 Å². The largest absolute Gasteiger partial charge is 0.479 e. The monoisotopic (exact) mass is 356 g/mol. The molecule has 0 aromatic heterocycles. The van der Waals surface area contributed by atoms with Gasteiger partial charge in [-0.15, -0.1) is 0 Å². The van der Waals surface area contributed by atoms with Gasteiger partial charge in [0.1, 0.15) is 6.10 Å². The molecule has 0 aliphatic carbocycles. The number of aliphatic carboxylic acids is 1. The Kier molecular flexibility index (Phi) is 4.84. The number of nitrogens with zero attached hydrogens (tertiary/aromatic N) is 1. The molecule has 2 N–H and O–H groups in total. The SMILES string of the molecule is CN(C)c1ccc(Br)cc1NC(=O)C1CCC(C(=O)O)O1. The first kappa shape index (κ1) is 15.8. The van der Waals surface area contributed by atoms with Crippen molar-refractivity contribution in [3.63, 3.8) is 0 Å². The van der Waals surface area contributed by atoms with Crippen LogP contribution in [0.25, 0.3) is 0 Å². The van der Waals surface area contributed by atoms with Crippen molar-refractivity contribution in [2.45, 2.75) is 25.0 Å². The second-order valence-corrected chi connectivity index (χ2v) is 5.99. The zero-order valence-corrected chi connectivity index (χ0v) is 13.4. The molecule has 0 radical (unpaired) electrons. The third-order valence-corrected chi connectivity index (χ3v) is 3.78. The molecule has 1 aliphatic heterocycles. The molecule has 1 aromatic rings. The Hall–Kier alpha value is -1.60. The van der Waals surface area contributed by atoms with Crippen molar-refractivity contribution >= 4 is 39.2 Å². The van der Waals surface area contributed by atoms with Crippen LogP contribution in [0, 0.1) is 0 Å². The summed E-state index contributed by atoms with van der Waals surface area (Å²) in [5.41, 5.74) is 1.51. The highest BCUT2D eigenvalue weighted by atomic mass is 79.9. The minimum atomic E-state index is -1.03. The maximum Gasteiger partial charge on any atom is 0.332 e. The molecule has 2 unspecified atom stereocenters. The predicted molar refractivity (Wildman–Crippen MR) is 82.6 cm³/mol. The molecule has 7 heteroatoms. The number of hydrogen-bond acceptors (Lipinski definition) is 4. The van der Waals surface area contributed by atoms with Crippen LogP contribution in [0.3, 0.4) is 0 Å². The van der Waals surface area contributed by atoms with Crippen LogP contribution in [0.5, 0.6) is 0 Å². The van der Waals surface area contributed by atoms with Crippen LogP contribution in [0.15, 0.2) is 22.7 Å². The predicted octanol–water partition coefficient (Wildman–Crippen LogP) is 2.09. The highest BCUT2D eigenvalue weighted by Crippen LogP contribution is 2.29. The van der Waals surface area contributed by atoms with Gasteiger partial charge in [0.2, 0.25) is 0 Å². The van der Waals surface area contributed by atoms with Crippen LogP contribution >= 0.6 is 15.9 Å². The fourth-order valence-corrected chi connectivity index (χ4v) is 2.58. The Morgan fingerprint density at radius 1 is 1.33 bits per heavy atom. The third-order valence-electron chi connectivity index (χ3n) is 3.29. The molecule has 21 heavy (non-hydrogen) atoms. The summed E-state index contributed by atoms with van der Waals surface area (Å²) in [7, 11) is 3.76. The molecule has 1 aliphatic rings. The molecule has 2 rings (SSSR count). The van der Waals surface area contributed by atoms with Gasteiger partial charge in [0.25, 0.3) is 5.91 Å². The number of benzene rings is 1. The molecule has 1 saturated heterocycles. The van der Waals surface area contributed by atoms with E-state index in [0.29, 0.717) is 18.5 Å². The quantitative estimate of drug-likeness (QED) is 0.863. The number of nitrogens with one attached hydrogen (secondary N) is 1. The molecule has 0 saturated carbocycles. The van der Waals surface area contributed by atoms with E-state index in [1.807, 2.05) is 31.1 Å². The standard InChI is InChI=1S/C14H17BrN2O4/c1-17(2)10-4-3-8(15)7-9(10)16-13(18)11-5-6-12(21-11)14(19)20/h3-4,7,11-12H,5-6H2,1-2H3,(H,16,18)(H,19,20). The van der Waals surface area contributed by atoms with E-state index in [9.17, 15) is 9.59 Å². The van der Waals surface area contributed by atoms with E-state index in [-0.39, 0.29) is 5.91 Å². The van der Waals surface area contributed by atoms with Gasteiger partial charge in [-0.1, -0.05) is 15.9 Å². The average molecular weight is 357 g/mol. The fraction of sp³-hybridized carbons (Fsp3) is 0.429. The van der Waals surface area contributed by atoms with Crippen LogP contribution in [0.1, 0.15) is 12.8 Å². The lowest BCUT2D eigenvalue weighted by Crippen LogP contribution is -2.30. The molecule has 1 fully saturated rings. The molecule has 1 heterocycles. The zero-order valence-electron chi connectivity index (χ0n) is 11.8. The second-order valence-electron chi connectivity index (χ2n) is 5.07. The molecule has 2 atom stereocenters. The third kappa shape index (κ3) is 3.74. The van der Waals surface area contributed by atoms with E-state index in [2.05, 4.69) is 21.2 Å². The van der Waals surface area contributed by atoms with E-state index in [1.165, 1.54) is 0 Å². The van der Waals surface area contributed by atoms with Gasteiger partial charge in [0.05, 0.1) is 11.4 Å². The van der Waals surface area contributed by atoms with Crippen LogP contribution in [0.2, 0.25) is 0 Å². The number of anilines is 2. The molecule has 1 aromatic carbocycles. The Morgan fingerprint density at radius 2 is 2.00 bits per heavy atom. The number of ether oxygens (including phenoxy) is 1. The lowest BCUT2D eigenvalue weighted by molar-refractivity contribution is -0.150. The summed E-state index contributed by atoms with van der Waals surface area (Å²) in [6.07, 6.45) is -0.850. The van der Waals surface area contributed by atoms with E-state index in [1.54, 1.807) is 6.07 Å². The van der Waals surface area contributed by atoms with Gasteiger partial charge >= 0.3 is 5.97 Å². The van der Waals surface area contributed by atoms with E-state index >= 15 is 0 Å². The van der Waals surface area contributed by atoms with Crippen molar-refractivity contribution in [3.05, 3.63) is 22.7 Å². The first-order valence-corrected chi connectivity index (χ1v) is 7.34. The lowest BCUT2D eigenvalue weighted by atomic mass is 10.2. The van der Waals surface area contributed by atoms with E-state index < -0.39 is 18.2 Å². The number of hydrogen-bond donors (Lipinski definition) is 2. The Bertz CT molecular complexity index is 562. The topological polar surface area (TPSA) is 78.9 Å². The Balaban J connectivity index is 2.10. The Labute approximate surface area is 131 Å². The molecular weight excluding hydrogens is 340 g/mol. The Morgan fingerprint density at radius 3 is 2.57 bits per heavy atom. The summed E-state index contributed by atoms with van der Waals surface area (Å²) in [4.78, 5) is 24.9. The second kappa shape index (κ2) is 6.44. The first-order valence-electron chi connectivity index (χ1n) is 6.54. The lowest BCUT2D eigenvalue weighted by Gasteiger charge is -2.19. The molecule has 6 nitrogen and oxygen atoms in total. The van der Waals surface area contributed by atoms with Crippen molar-refractivity contribution in [2.24, 2.45) is 0 Å². The maximum absolute atomic E-state index is 12.2. The smallest absolute Gasteiger partial charge is 0.332 e. The fourth-order valence-electron chi connectivity index (χ4n) is 2.22. The summed E-state index contributed by atoms with van der Waals surface area (Å²) in [5, 5.41) is 11.7. The highest BCUT2D eigenvalue weighted by molar-refractivity contribution is 9.10. The van der Waals surface area contributed by atoms with Gasteiger partial charge in [-0.05, 0) is 31.0 Å². The molecule has 0 spiro atoms. The summed E-state index contributed by atoms with van der Waals surface area (Å²) < 4.78 is 6.10. The van der Waals surface area contributed by atoms with Crippen LogP contribution in [-0.4, -0.2) is 43.3 Å². The summed E-state index contributed by atoms with van der Waals surface area (Å²) >= 11 is 3.37. The average Bonchev–Trinajstić information content (AvgIpc) is 2.88. The molecule has 1 amide bonds. The van der Waals surface area contributed by atoms with Crippen LogP contribution < -0.4 is 10.2 Å². The maximum atomic E-state index is 12.2. The molecule has 114 valence electrons. The van der Waals surface area contributed by atoms with Crippen molar-refractivity contribution in [2.75, 3.05) is 24.3 Å². The van der Waals surface area contributed by atoms with Gasteiger partial charge in [0.15, 0.2) is 6.10 Å². The van der Waals surface area contributed by atoms with Crippen molar-refractivity contribution in [1.82, 2.24) is 0 Å². The van der Waals surface area contributed by atoms with Gasteiger partial charge in [-0.25, -0.2) is 4.79 Å². The summed E-state index contributed by atoms with van der Waals surface area (Å²) in [5.74, 6) is -1.35. The number of carboxylic acid groups (broad SMARTS) is 1.